The van der Waals surface area contributed by atoms with E-state index in [4.69, 9.17) is 4.74 Å². The maximum atomic E-state index is 12.6. The number of rotatable bonds is 6. The number of hydrogen-bond acceptors (Lipinski definition) is 3. The quantitative estimate of drug-likeness (QED) is 0.808. The van der Waals surface area contributed by atoms with Crippen LogP contribution >= 0.6 is 15.9 Å². The highest BCUT2D eigenvalue weighted by atomic mass is 79.9. The summed E-state index contributed by atoms with van der Waals surface area (Å²) in [4.78, 5) is 14.5. The van der Waals surface area contributed by atoms with Crippen LogP contribution in [-0.2, 0) is 0 Å². The fraction of sp³-hybridized carbons (Fsp3) is 0.533. The molecular weight excluding hydrogens is 322 g/mol. The minimum atomic E-state index is -0.00592. The molecule has 5 heteroatoms. The van der Waals surface area contributed by atoms with Crippen molar-refractivity contribution in [3.8, 4) is 11.5 Å². The summed E-state index contributed by atoms with van der Waals surface area (Å²) < 4.78 is 5.00. The van der Waals surface area contributed by atoms with Crippen LogP contribution in [-0.4, -0.2) is 40.9 Å². The van der Waals surface area contributed by atoms with E-state index >= 15 is 0 Å². The van der Waals surface area contributed by atoms with E-state index in [-0.39, 0.29) is 11.7 Å². The second-order valence-electron chi connectivity index (χ2n) is 5.01. The molecule has 0 aliphatic heterocycles. The van der Waals surface area contributed by atoms with Crippen molar-refractivity contribution in [3.63, 3.8) is 0 Å². The van der Waals surface area contributed by atoms with Crippen LogP contribution in [0.2, 0.25) is 0 Å². The lowest BCUT2D eigenvalue weighted by Gasteiger charge is -2.37. The number of aromatic hydroxyl groups is 1. The van der Waals surface area contributed by atoms with Gasteiger partial charge in [0, 0.05) is 23.5 Å². The first-order valence-corrected chi connectivity index (χ1v) is 8.03. The Labute approximate surface area is 127 Å². The highest BCUT2D eigenvalue weighted by Crippen LogP contribution is 2.30. The van der Waals surface area contributed by atoms with Crippen LogP contribution in [0.25, 0.3) is 0 Å². The largest absolute Gasteiger partial charge is 0.504 e. The van der Waals surface area contributed by atoms with Crippen molar-refractivity contribution in [2.24, 2.45) is 0 Å². The lowest BCUT2D eigenvalue weighted by atomic mass is 9.90. The van der Waals surface area contributed by atoms with Crippen LogP contribution < -0.4 is 4.74 Å². The standard InChI is InChI=1S/C15H20BrNO3/c1-20-14-7-6-11(10-13(14)18)15(19)17(9-3-8-16)12-4-2-5-12/h6-7,10,12,18H,2-5,8-9H2,1H3. The van der Waals surface area contributed by atoms with Gasteiger partial charge in [0.2, 0.25) is 0 Å². The van der Waals surface area contributed by atoms with Crippen molar-refractivity contribution in [1.29, 1.82) is 0 Å². The predicted molar refractivity (Wildman–Crippen MR) is 81.7 cm³/mol. The van der Waals surface area contributed by atoms with E-state index in [0.717, 1.165) is 31.1 Å². The van der Waals surface area contributed by atoms with Gasteiger partial charge in [0.1, 0.15) is 0 Å². The van der Waals surface area contributed by atoms with Crippen LogP contribution in [0.5, 0.6) is 11.5 Å². The molecule has 0 spiro atoms. The lowest BCUT2D eigenvalue weighted by Crippen LogP contribution is -2.44. The number of methoxy groups -OCH3 is 1. The van der Waals surface area contributed by atoms with Crippen LogP contribution in [0.3, 0.4) is 0 Å². The van der Waals surface area contributed by atoms with Crippen LogP contribution in [0.15, 0.2) is 18.2 Å². The van der Waals surface area contributed by atoms with Crippen molar-refractivity contribution >= 4 is 21.8 Å². The molecule has 2 rings (SSSR count). The maximum Gasteiger partial charge on any atom is 0.254 e. The van der Waals surface area contributed by atoms with E-state index in [1.165, 1.54) is 19.6 Å². The molecule has 0 aromatic heterocycles. The summed E-state index contributed by atoms with van der Waals surface area (Å²) in [7, 11) is 1.49. The number of halogens is 1. The van der Waals surface area contributed by atoms with E-state index in [1.54, 1.807) is 12.1 Å². The Morgan fingerprint density at radius 3 is 2.75 bits per heavy atom. The molecular formula is C15H20BrNO3. The number of carbonyl (C=O) groups excluding carboxylic acids is 1. The molecule has 1 fully saturated rings. The van der Waals surface area contributed by atoms with Crippen molar-refractivity contribution in [3.05, 3.63) is 23.8 Å². The van der Waals surface area contributed by atoms with E-state index in [9.17, 15) is 9.90 Å². The summed E-state index contributed by atoms with van der Waals surface area (Å²) in [5, 5.41) is 10.7. The van der Waals surface area contributed by atoms with Gasteiger partial charge in [0.05, 0.1) is 7.11 Å². The molecule has 1 aromatic carbocycles. The Balaban J connectivity index is 2.15. The highest BCUT2D eigenvalue weighted by molar-refractivity contribution is 9.09. The Kier molecular flexibility index (Phi) is 5.29. The van der Waals surface area contributed by atoms with E-state index in [2.05, 4.69) is 15.9 Å². The number of ether oxygens (including phenoxy) is 1. The molecule has 0 unspecified atom stereocenters. The summed E-state index contributed by atoms with van der Waals surface area (Å²) in [5.74, 6) is 0.387. The van der Waals surface area contributed by atoms with Crippen LogP contribution in [0.4, 0.5) is 0 Å². The number of alkyl halides is 1. The van der Waals surface area contributed by atoms with Crippen molar-refractivity contribution in [2.75, 3.05) is 19.0 Å². The van der Waals surface area contributed by atoms with Gasteiger partial charge in [0.15, 0.2) is 11.5 Å². The predicted octanol–water partition coefficient (Wildman–Crippen LogP) is 3.18. The van der Waals surface area contributed by atoms with E-state index in [1.807, 2.05) is 4.90 Å². The minimum Gasteiger partial charge on any atom is -0.504 e. The van der Waals surface area contributed by atoms with Crippen molar-refractivity contribution < 1.29 is 14.6 Å². The van der Waals surface area contributed by atoms with Gasteiger partial charge in [0.25, 0.3) is 5.91 Å². The molecule has 1 amide bonds. The third kappa shape index (κ3) is 3.26. The number of hydrogen-bond donors (Lipinski definition) is 1. The fourth-order valence-corrected chi connectivity index (χ4v) is 2.62. The summed E-state index contributed by atoms with van der Waals surface area (Å²) in [6.07, 6.45) is 4.29. The Hall–Kier alpha value is -1.23. The Bertz CT molecular complexity index is 474. The molecule has 0 heterocycles. The molecule has 4 nitrogen and oxygen atoms in total. The first-order valence-electron chi connectivity index (χ1n) is 6.91. The van der Waals surface area contributed by atoms with E-state index < -0.39 is 0 Å². The van der Waals surface area contributed by atoms with Crippen molar-refractivity contribution in [1.82, 2.24) is 4.90 Å². The number of carbonyl (C=O) groups is 1. The molecule has 1 aliphatic carbocycles. The number of phenolic OH excluding ortho intramolecular Hbond substituents is 1. The number of phenols is 1. The first-order chi connectivity index (χ1) is 9.67. The van der Waals surface area contributed by atoms with Crippen LogP contribution in [0.1, 0.15) is 36.0 Å². The van der Waals surface area contributed by atoms with Crippen molar-refractivity contribution in [2.45, 2.75) is 31.7 Å². The number of amides is 1. The van der Waals surface area contributed by atoms with Crippen LogP contribution in [0, 0.1) is 0 Å². The monoisotopic (exact) mass is 341 g/mol. The van der Waals surface area contributed by atoms with Gasteiger partial charge in [-0.3, -0.25) is 4.79 Å². The van der Waals surface area contributed by atoms with Gasteiger partial charge < -0.3 is 14.7 Å². The average molecular weight is 342 g/mol. The third-order valence-corrected chi connectivity index (χ3v) is 4.30. The Morgan fingerprint density at radius 2 is 2.25 bits per heavy atom. The zero-order valence-electron chi connectivity index (χ0n) is 11.6. The topological polar surface area (TPSA) is 49.8 Å². The zero-order chi connectivity index (χ0) is 14.5. The fourth-order valence-electron chi connectivity index (χ4n) is 2.37. The molecule has 1 N–H and O–H groups in total. The highest BCUT2D eigenvalue weighted by Gasteiger charge is 2.29. The average Bonchev–Trinajstić information content (AvgIpc) is 2.40. The molecule has 110 valence electrons. The molecule has 0 atom stereocenters. The zero-order valence-corrected chi connectivity index (χ0v) is 13.2. The molecule has 0 radical (unpaired) electrons. The molecule has 20 heavy (non-hydrogen) atoms. The Morgan fingerprint density at radius 1 is 1.50 bits per heavy atom. The molecule has 1 aliphatic rings. The lowest BCUT2D eigenvalue weighted by molar-refractivity contribution is 0.0580. The van der Waals surface area contributed by atoms with E-state index in [0.29, 0.717) is 17.4 Å². The molecule has 1 aromatic rings. The number of nitrogens with zero attached hydrogens (tertiary/aromatic N) is 1. The molecule has 0 saturated heterocycles. The third-order valence-electron chi connectivity index (χ3n) is 3.73. The molecule has 1 saturated carbocycles. The van der Waals surface area contributed by atoms with Gasteiger partial charge >= 0.3 is 0 Å². The van der Waals surface area contributed by atoms with Gasteiger partial charge in [-0.15, -0.1) is 0 Å². The summed E-state index contributed by atoms with van der Waals surface area (Å²) in [5.41, 5.74) is 0.518. The van der Waals surface area contributed by atoms with Gasteiger partial charge in [-0.05, 0) is 43.9 Å². The summed E-state index contributed by atoms with van der Waals surface area (Å²) in [6.45, 7) is 0.752. The maximum absolute atomic E-state index is 12.6. The van der Waals surface area contributed by atoms with Gasteiger partial charge in [-0.2, -0.15) is 0 Å². The van der Waals surface area contributed by atoms with Gasteiger partial charge in [-0.1, -0.05) is 15.9 Å². The second-order valence-corrected chi connectivity index (χ2v) is 5.81. The first kappa shape index (κ1) is 15.2. The summed E-state index contributed by atoms with van der Waals surface area (Å²) in [6, 6.07) is 5.18. The minimum absolute atomic E-state index is 0.00592. The molecule has 0 bridgehead atoms. The normalized spacial score (nSPS) is 14.7. The SMILES string of the molecule is COc1ccc(C(=O)N(CCCBr)C2CCC2)cc1O. The summed E-state index contributed by atoms with van der Waals surface area (Å²) >= 11 is 3.41. The second kappa shape index (κ2) is 6.97. The van der Waals surface area contributed by atoms with Gasteiger partial charge in [-0.25, -0.2) is 0 Å². The smallest absolute Gasteiger partial charge is 0.254 e. The number of benzene rings is 1.